The minimum atomic E-state index is 0.429. The lowest BCUT2D eigenvalue weighted by molar-refractivity contribution is 0.302. The Balaban J connectivity index is 1.63. The molecule has 138 valence electrons. The molecule has 4 rings (SSSR count). The minimum absolute atomic E-state index is 0.429. The number of fused-ring (bicyclic) bond motifs is 2. The van der Waals surface area contributed by atoms with Crippen LogP contribution in [0.4, 0.5) is 0 Å². The van der Waals surface area contributed by atoms with Crippen LogP contribution in [0.25, 0.3) is 0 Å². The molecule has 0 saturated heterocycles. The third-order valence-corrected chi connectivity index (χ3v) is 6.73. The Bertz CT molecular complexity index is 421. The molecule has 0 aliphatic heterocycles. The summed E-state index contributed by atoms with van der Waals surface area (Å²) in [5.74, 6) is 9.84. The molecule has 4 saturated carbocycles. The van der Waals surface area contributed by atoms with Crippen molar-refractivity contribution in [3.63, 3.8) is 0 Å². The molecule has 0 aromatic heterocycles. The van der Waals surface area contributed by atoms with Gasteiger partial charge in [0, 0.05) is 0 Å². The summed E-state index contributed by atoms with van der Waals surface area (Å²) in [5, 5.41) is 0. The highest BCUT2D eigenvalue weighted by Crippen LogP contribution is 2.57. The van der Waals surface area contributed by atoms with Gasteiger partial charge in [-0.1, -0.05) is 53.4 Å². The standard InChI is InChI=1S/C24H34BN/c1-17(2)26(18(3)4)25(23-15-13-19-9-5-7-11-21(19)23)24-16-14-20-10-6-8-12-22(20)24/h13-18H,5-12H2,1-4H3. The van der Waals surface area contributed by atoms with E-state index in [-0.39, 0.29) is 0 Å². The second-order valence-corrected chi connectivity index (χ2v) is 9.04. The van der Waals surface area contributed by atoms with Crippen molar-refractivity contribution in [2.24, 2.45) is 0 Å². The summed E-state index contributed by atoms with van der Waals surface area (Å²) in [4.78, 5) is 2.76. The Labute approximate surface area is 164 Å². The van der Waals surface area contributed by atoms with Crippen LogP contribution in [-0.4, -0.2) is 23.7 Å². The van der Waals surface area contributed by atoms with Crippen molar-refractivity contribution in [3.8, 4) is 0 Å². The second kappa shape index (κ2) is 8.18. The molecule has 0 bridgehead atoms. The van der Waals surface area contributed by atoms with Crippen molar-refractivity contribution >= 4 is 6.85 Å². The topological polar surface area (TPSA) is 3.24 Å². The van der Waals surface area contributed by atoms with Gasteiger partial charge in [0.15, 0.2) is 0 Å². The fourth-order valence-corrected chi connectivity index (χ4v) is 5.66. The summed E-state index contributed by atoms with van der Waals surface area (Å²) in [6.45, 7) is 9.92. The molecule has 0 aromatic rings. The largest absolute Gasteiger partial charge is 0.337 e. The van der Waals surface area contributed by atoms with E-state index in [1.165, 1.54) is 51.4 Å². The summed E-state index contributed by atoms with van der Waals surface area (Å²) in [7, 11) is 0. The van der Waals surface area contributed by atoms with Gasteiger partial charge in [0.2, 0.25) is 6.85 Å². The molecule has 0 amide bonds. The molecule has 2 heteroatoms. The fourth-order valence-electron chi connectivity index (χ4n) is 5.66. The van der Waals surface area contributed by atoms with Crippen LogP contribution < -0.4 is 0 Å². The molecular weight excluding hydrogens is 313 g/mol. The van der Waals surface area contributed by atoms with Gasteiger partial charge in [-0.15, -0.1) is 0 Å². The lowest BCUT2D eigenvalue weighted by atomic mass is 9.35. The number of hydrogen-bond donors (Lipinski definition) is 0. The molecule has 0 unspecified atom stereocenters. The van der Waals surface area contributed by atoms with Gasteiger partial charge in [-0.05, 0) is 98.8 Å². The quantitative estimate of drug-likeness (QED) is 0.584. The van der Waals surface area contributed by atoms with Gasteiger partial charge in [-0.2, -0.15) is 0 Å². The zero-order chi connectivity index (χ0) is 18.3. The SMILES string of the molecule is CC(C)N(B([C]1[CH][CH][C]2CCCC[C]21)[C]1[CH][CH][C]2CCCC[C]21)C(C)C. The molecule has 1 nitrogen and oxygen atoms in total. The van der Waals surface area contributed by atoms with Crippen molar-refractivity contribution in [1.29, 1.82) is 0 Å². The molecule has 4 aliphatic carbocycles. The first-order valence-corrected chi connectivity index (χ1v) is 10.9. The highest BCUT2D eigenvalue weighted by molar-refractivity contribution is 6.71. The van der Waals surface area contributed by atoms with Crippen LogP contribution in [0.1, 0.15) is 79.1 Å². The second-order valence-electron chi connectivity index (χ2n) is 9.04. The van der Waals surface area contributed by atoms with E-state index in [2.05, 4.69) is 58.2 Å². The van der Waals surface area contributed by atoms with Crippen molar-refractivity contribution in [3.05, 3.63) is 61.0 Å². The monoisotopic (exact) mass is 347 g/mol. The lowest BCUT2D eigenvalue weighted by Gasteiger charge is -2.46. The Hall–Kier alpha value is 0.0249. The average molecular weight is 347 g/mol. The minimum Gasteiger partial charge on any atom is -0.337 e. The van der Waals surface area contributed by atoms with E-state index in [9.17, 15) is 0 Å². The zero-order valence-electron chi connectivity index (χ0n) is 17.1. The normalized spacial score (nSPS) is 27.8. The molecule has 0 spiro atoms. The van der Waals surface area contributed by atoms with Crippen molar-refractivity contribution < 1.29 is 0 Å². The molecule has 10 radical (unpaired) electrons. The van der Waals surface area contributed by atoms with Crippen molar-refractivity contribution in [2.45, 2.75) is 91.1 Å². The van der Waals surface area contributed by atoms with E-state index in [4.69, 9.17) is 0 Å². The highest BCUT2D eigenvalue weighted by Gasteiger charge is 2.54. The number of nitrogens with zero attached hydrogens (tertiary/aromatic N) is 1. The third kappa shape index (κ3) is 3.54. The summed E-state index contributed by atoms with van der Waals surface area (Å²) in [6, 6.07) is 1.09. The van der Waals surface area contributed by atoms with Gasteiger partial charge in [0.25, 0.3) is 0 Å². The fraction of sp³-hybridized carbons (Fsp3) is 0.583. The van der Waals surface area contributed by atoms with Crippen LogP contribution in [0.3, 0.4) is 0 Å². The Kier molecular flexibility index (Phi) is 6.09. The maximum atomic E-state index is 2.76. The van der Waals surface area contributed by atoms with E-state index in [0.29, 0.717) is 18.9 Å². The van der Waals surface area contributed by atoms with Crippen LogP contribution in [0.2, 0.25) is 0 Å². The van der Waals surface area contributed by atoms with Crippen LogP contribution in [0.5, 0.6) is 0 Å². The third-order valence-electron chi connectivity index (χ3n) is 6.73. The number of rotatable bonds is 5. The molecule has 26 heavy (non-hydrogen) atoms. The Morgan fingerprint density at radius 1 is 0.654 bits per heavy atom. The highest BCUT2D eigenvalue weighted by atomic mass is 15.1. The van der Waals surface area contributed by atoms with Crippen molar-refractivity contribution in [2.75, 3.05) is 0 Å². The molecule has 0 N–H and O–H groups in total. The molecular formula is C24H34BN. The maximum Gasteiger partial charge on any atom is 0.238 e. The van der Waals surface area contributed by atoms with Gasteiger partial charge >= 0.3 is 0 Å². The predicted octanol–water partition coefficient (Wildman–Crippen LogP) is 5.61. The van der Waals surface area contributed by atoms with E-state index in [1.807, 2.05) is 0 Å². The molecule has 0 atom stereocenters. The van der Waals surface area contributed by atoms with E-state index in [1.54, 1.807) is 35.3 Å². The predicted molar refractivity (Wildman–Crippen MR) is 111 cm³/mol. The molecule has 4 aliphatic rings. The zero-order valence-corrected chi connectivity index (χ0v) is 17.1. The molecule has 0 heterocycles. The first-order valence-electron chi connectivity index (χ1n) is 10.9. The van der Waals surface area contributed by atoms with Crippen LogP contribution in [0, 0.1) is 61.0 Å². The molecule has 4 fully saturated rings. The molecule has 0 aromatic carbocycles. The number of hydrogen-bond acceptors (Lipinski definition) is 1. The van der Waals surface area contributed by atoms with E-state index in [0.717, 1.165) is 0 Å². The first kappa shape index (κ1) is 19.3. The van der Waals surface area contributed by atoms with Gasteiger partial charge in [0.1, 0.15) is 0 Å². The first-order chi connectivity index (χ1) is 12.6. The van der Waals surface area contributed by atoms with Crippen molar-refractivity contribution in [1.82, 2.24) is 4.81 Å². The van der Waals surface area contributed by atoms with E-state index < -0.39 is 0 Å². The maximum absolute atomic E-state index is 2.76. The van der Waals surface area contributed by atoms with Crippen LogP contribution in [-0.2, 0) is 0 Å². The average Bonchev–Trinajstić information content (AvgIpc) is 3.23. The summed E-state index contributed by atoms with van der Waals surface area (Å²) < 4.78 is 0. The Morgan fingerprint density at radius 3 is 1.50 bits per heavy atom. The van der Waals surface area contributed by atoms with E-state index >= 15 is 0 Å². The van der Waals surface area contributed by atoms with Gasteiger partial charge < -0.3 is 4.81 Å². The van der Waals surface area contributed by atoms with Gasteiger partial charge in [0.05, 0.1) is 0 Å². The Morgan fingerprint density at radius 2 is 1.08 bits per heavy atom. The summed E-state index contributed by atoms with van der Waals surface area (Å²) >= 11 is 0. The van der Waals surface area contributed by atoms with Crippen LogP contribution >= 0.6 is 0 Å². The summed E-state index contributed by atoms with van der Waals surface area (Å²) in [5.41, 5.74) is 0. The lowest BCUT2D eigenvalue weighted by Crippen LogP contribution is -2.56. The summed E-state index contributed by atoms with van der Waals surface area (Å²) in [6.07, 6.45) is 20.4. The van der Waals surface area contributed by atoms with Gasteiger partial charge in [-0.25, -0.2) is 0 Å². The van der Waals surface area contributed by atoms with Gasteiger partial charge in [-0.3, -0.25) is 0 Å². The smallest absolute Gasteiger partial charge is 0.238 e. The van der Waals surface area contributed by atoms with Crippen LogP contribution in [0.15, 0.2) is 0 Å².